The van der Waals surface area contributed by atoms with Crippen LogP contribution in [0, 0.1) is 5.92 Å². The minimum absolute atomic E-state index is 0.102. The van der Waals surface area contributed by atoms with Gasteiger partial charge >= 0.3 is 0 Å². The zero-order chi connectivity index (χ0) is 14.3. The van der Waals surface area contributed by atoms with Crippen LogP contribution in [0.15, 0.2) is 66.5 Å². The van der Waals surface area contributed by atoms with E-state index in [9.17, 15) is 4.39 Å². The summed E-state index contributed by atoms with van der Waals surface area (Å²) in [4.78, 5) is 0. The molecule has 0 bridgehead atoms. The Morgan fingerprint density at radius 1 is 1.37 bits per heavy atom. The SMILES string of the molecule is C=C/C=C\C(F)=C(/C(C)CC)C(N)c1ccccc1. The molecule has 0 aliphatic rings. The molecule has 0 saturated heterocycles. The number of benzene rings is 1. The molecule has 1 rings (SSSR count). The van der Waals surface area contributed by atoms with Crippen LogP contribution in [-0.4, -0.2) is 0 Å². The summed E-state index contributed by atoms with van der Waals surface area (Å²) in [6, 6.07) is 9.21. The van der Waals surface area contributed by atoms with E-state index >= 15 is 0 Å². The van der Waals surface area contributed by atoms with Gasteiger partial charge in [0, 0.05) is 0 Å². The van der Waals surface area contributed by atoms with E-state index in [4.69, 9.17) is 5.73 Å². The quantitative estimate of drug-likeness (QED) is 0.736. The molecule has 0 aliphatic carbocycles. The van der Waals surface area contributed by atoms with Gasteiger partial charge in [-0.15, -0.1) is 0 Å². The lowest BCUT2D eigenvalue weighted by molar-refractivity contribution is 0.541. The number of halogens is 1. The second-order valence-electron chi connectivity index (χ2n) is 4.60. The monoisotopic (exact) mass is 259 g/mol. The summed E-state index contributed by atoms with van der Waals surface area (Å²) >= 11 is 0. The zero-order valence-corrected chi connectivity index (χ0v) is 11.6. The van der Waals surface area contributed by atoms with Crippen LogP contribution in [0.4, 0.5) is 4.39 Å². The molecular weight excluding hydrogens is 237 g/mol. The zero-order valence-electron chi connectivity index (χ0n) is 11.6. The second kappa shape index (κ2) is 7.70. The molecule has 2 N–H and O–H groups in total. The van der Waals surface area contributed by atoms with E-state index in [2.05, 4.69) is 6.58 Å². The molecule has 1 nitrogen and oxygen atoms in total. The van der Waals surface area contributed by atoms with E-state index in [1.54, 1.807) is 12.2 Å². The molecule has 0 aliphatic heterocycles. The van der Waals surface area contributed by atoms with Crippen molar-refractivity contribution in [3.05, 3.63) is 72.1 Å². The van der Waals surface area contributed by atoms with Gasteiger partial charge in [-0.3, -0.25) is 0 Å². The Hall–Kier alpha value is -1.67. The summed E-state index contributed by atoms with van der Waals surface area (Å²) in [6.45, 7) is 7.59. The average molecular weight is 259 g/mol. The molecule has 0 radical (unpaired) electrons. The van der Waals surface area contributed by atoms with E-state index in [-0.39, 0.29) is 11.7 Å². The molecule has 0 amide bonds. The van der Waals surface area contributed by atoms with Crippen molar-refractivity contribution in [2.24, 2.45) is 11.7 Å². The van der Waals surface area contributed by atoms with Crippen LogP contribution in [-0.2, 0) is 0 Å². The molecule has 2 unspecified atom stereocenters. The molecule has 2 heteroatoms. The third-order valence-electron chi connectivity index (χ3n) is 3.29. The summed E-state index contributed by atoms with van der Waals surface area (Å²) in [5, 5.41) is 0. The molecule has 1 aromatic carbocycles. The highest BCUT2D eigenvalue weighted by molar-refractivity contribution is 5.34. The molecule has 1 aromatic rings. The van der Waals surface area contributed by atoms with Gasteiger partial charge in [0.1, 0.15) is 5.83 Å². The van der Waals surface area contributed by atoms with Gasteiger partial charge in [-0.2, -0.15) is 0 Å². The molecule has 0 heterocycles. The molecule has 2 atom stereocenters. The van der Waals surface area contributed by atoms with Crippen LogP contribution in [0.3, 0.4) is 0 Å². The number of hydrogen-bond acceptors (Lipinski definition) is 1. The van der Waals surface area contributed by atoms with Gasteiger partial charge in [-0.25, -0.2) is 4.39 Å². The fourth-order valence-electron chi connectivity index (χ4n) is 2.00. The Morgan fingerprint density at radius 3 is 2.53 bits per heavy atom. The normalized spacial score (nSPS) is 16.0. The van der Waals surface area contributed by atoms with Gasteiger partial charge in [0.15, 0.2) is 0 Å². The number of allylic oxidation sites excluding steroid dienone is 4. The molecule has 0 aromatic heterocycles. The van der Waals surface area contributed by atoms with Crippen LogP contribution in [0.2, 0.25) is 0 Å². The van der Waals surface area contributed by atoms with Crippen molar-refractivity contribution in [1.82, 2.24) is 0 Å². The fraction of sp³-hybridized carbons (Fsp3) is 0.294. The lowest BCUT2D eigenvalue weighted by atomic mass is 9.87. The Bertz CT molecular complexity index is 459. The van der Waals surface area contributed by atoms with Gasteiger partial charge in [0.25, 0.3) is 0 Å². The Kier molecular flexibility index (Phi) is 6.23. The summed E-state index contributed by atoms with van der Waals surface area (Å²) in [5.41, 5.74) is 7.81. The van der Waals surface area contributed by atoms with Crippen LogP contribution < -0.4 is 5.73 Å². The largest absolute Gasteiger partial charge is 0.320 e. The molecule has 19 heavy (non-hydrogen) atoms. The minimum atomic E-state index is -0.411. The third-order valence-corrected chi connectivity index (χ3v) is 3.29. The summed E-state index contributed by atoms with van der Waals surface area (Å²) in [7, 11) is 0. The van der Waals surface area contributed by atoms with Crippen molar-refractivity contribution in [3.63, 3.8) is 0 Å². The maximum Gasteiger partial charge on any atom is 0.124 e. The first-order valence-corrected chi connectivity index (χ1v) is 6.61. The Morgan fingerprint density at radius 2 is 2.00 bits per heavy atom. The van der Waals surface area contributed by atoms with Gasteiger partial charge in [-0.05, 0) is 29.6 Å². The topological polar surface area (TPSA) is 26.0 Å². The summed E-state index contributed by atoms with van der Waals surface area (Å²) in [6.07, 6.45) is 5.43. The number of nitrogens with two attached hydrogens (primary N) is 1. The molecule has 0 fully saturated rings. The summed E-state index contributed by atoms with van der Waals surface area (Å²) < 4.78 is 14.3. The highest BCUT2D eigenvalue weighted by Crippen LogP contribution is 2.31. The van der Waals surface area contributed by atoms with E-state index in [0.717, 1.165) is 12.0 Å². The average Bonchev–Trinajstić information content (AvgIpc) is 2.45. The van der Waals surface area contributed by atoms with Gasteiger partial charge < -0.3 is 5.73 Å². The lowest BCUT2D eigenvalue weighted by Crippen LogP contribution is -2.18. The number of rotatable bonds is 6. The van der Waals surface area contributed by atoms with Crippen LogP contribution in [0.1, 0.15) is 31.9 Å². The van der Waals surface area contributed by atoms with Crippen LogP contribution >= 0.6 is 0 Å². The first-order valence-electron chi connectivity index (χ1n) is 6.61. The Labute approximate surface area is 115 Å². The predicted octanol–water partition coefficient (Wildman–Crippen LogP) is 4.70. The van der Waals surface area contributed by atoms with Gasteiger partial charge in [-0.1, -0.05) is 62.9 Å². The van der Waals surface area contributed by atoms with Crippen molar-refractivity contribution in [2.75, 3.05) is 0 Å². The molecule has 0 spiro atoms. The van der Waals surface area contributed by atoms with Crippen molar-refractivity contribution < 1.29 is 4.39 Å². The molecular formula is C17H22FN. The lowest BCUT2D eigenvalue weighted by Gasteiger charge is -2.22. The third kappa shape index (κ3) is 4.18. The first-order chi connectivity index (χ1) is 9.11. The van der Waals surface area contributed by atoms with Crippen molar-refractivity contribution >= 4 is 0 Å². The maximum atomic E-state index is 14.3. The van der Waals surface area contributed by atoms with Crippen LogP contribution in [0.5, 0.6) is 0 Å². The first kappa shape index (κ1) is 15.4. The number of hydrogen-bond donors (Lipinski definition) is 1. The standard InChI is InChI=1S/C17H22FN/c1-4-6-12-15(18)16(13(3)5-2)17(19)14-10-8-7-9-11-14/h4,6-13,17H,1,5,19H2,2-3H3/b12-6-,16-15-. The van der Waals surface area contributed by atoms with E-state index in [0.29, 0.717) is 5.57 Å². The molecule has 0 saturated carbocycles. The van der Waals surface area contributed by atoms with Crippen molar-refractivity contribution in [2.45, 2.75) is 26.3 Å². The highest BCUT2D eigenvalue weighted by atomic mass is 19.1. The van der Waals surface area contributed by atoms with E-state index in [1.165, 1.54) is 6.08 Å². The van der Waals surface area contributed by atoms with Crippen LogP contribution in [0.25, 0.3) is 0 Å². The van der Waals surface area contributed by atoms with Gasteiger partial charge in [0.05, 0.1) is 6.04 Å². The predicted molar refractivity (Wildman–Crippen MR) is 80.3 cm³/mol. The maximum absolute atomic E-state index is 14.3. The minimum Gasteiger partial charge on any atom is -0.320 e. The van der Waals surface area contributed by atoms with Gasteiger partial charge in [0.2, 0.25) is 0 Å². The highest BCUT2D eigenvalue weighted by Gasteiger charge is 2.20. The Balaban J connectivity index is 3.18. The van der Waals surface area contributed by atoms with E-state index < -0.39 is 6.04 Å². The molecule has 102 valence electrons. The van der Waals surface area contributed by atoms with Crippen molar-refractivity contribution in [1.29, 1.82) is 0 Å². The fourth-order valence-corrected chi connectivity index (χ4v) is 2.00. The van der Waals surface area contributed by atoms with E-state index in [1.807, 2.05) is 44.2 Å². The smallest absolute Gasteiger partial charge is 0.124 e. The summed E-state index contributed by atoms with van der Waals surface area (Å²) in [5.74, 6) is -0.157. The second-order valence-corrected chi connectivity index (χ2v) is 4.60. The van der Waals surface area contributed by atoms with Crippen molar-refractivity contribution in [3.8, 4) is 0 Å².